The third-order valence-corrected chi connectivity index (χ3v) is 7.11. The highest BCUT2D eigenvalue weighted by atomic mass is 32.1. The molecule has 0 bridgehead atoms. The molecule has 1 N–H and O–H groups in total. The lowest BCUT2D eigenvalue weighted by Gasteiger charge is -2.26. The topological polar surface area (TPSA) is 50.2 Å². The Bertz CT molecular complexity index is 829. The van der Waals surface area contributed by atoms with Gasteiger partial charge in [-0.3, -0.25) is 14.4 Å². The number of aromatic nitrogens is 2. The number of rotatable bonds is 4. The van der Waals surface area contributed by atoms with Crippen molar-refractivity contribution in [2.45, 2.75) is 56.9 Å². The van der Waals surface area contributed by atoms with Crippen LogP contribution in [0.4, 0.5) is 5.82 Å². The number of hydrogen-bond donors (Lipinski definition) is 1. The summed E-state index contributed by atoms with van der Waals surface area (Å²) >= 11 is 1.89. The highest BCUT2D eigenvalue weighted by molar-refractivity contribution is 7.12. The number of likely N-dealkylation sites (tertiary alicyclic amines) is 1. The fraction of sp³-hybridized carbons (Fsp3) is 0.600. The molecule has 0 radical (unpaired) electrons. The van der Waals surface area contributed by atoms with Gasteiger partial charge >= 0.3 is 0 Å². The zero-order valence-corrected chi connectivity index (χ0v) is 16.1. The van der Waals surface area contributed by atoms with Crippen LogP contribution >= 0.6 is 11.3 Å². The average molecular weight is 371 g/mol. The van der Waals surface area contributed by atoms with Gasteiger partial charge in [-0.1, -0.05) is 6.42 Å². The van der Waals surface area contributed by atoms with Crippen molar-refractivity contribution in [3.8, 4) is 0 Å². The molecule has 0 unspecified atom stereocenters. The van der Waals surface area contributed by atoms with Crippen LogP contribution in [0.2, 0.25) is 0 Å². The fourth-order valence-electron chi connectivity index (χ4n) is 4.43. The van der Waals surface area contributed by atoms with Crippen LogP contribution in [0.5, 0.6) is 0 Å². The van der Waals surface area contributed by atoms with E-state index in [1.54, 1.807) is 0 Å². The van der Waals surface area contributed by atoms with Gasteiger partial charge in [0, 0.05) is 47.2 Å². The number of carbonyl (C=O) groups is 1. The second kappa shape index (κ2) is 6.50. The largest absolute Gasteiger partial charge is 0.311 e. The third kappa shape index (κ3) is 2.99. The maximum absolute atomic E-state index is 12.3. The molecule has 4 heterocycles. The van der Waals surface area contributed by atoms with Crippen molar-refractivity contribution in [1.82, 2.24) is 14.7 Å². The second-order valence-corrected chi connectivity index (χ2v) is 9.19. The van der Waals surface area contributed by atoms with Crippen LogP contribution in [0.1, 0.15) is 71.4 Å². The van der Waals surface area contributed by atoms with Gasteiger partial charge in [0.25, 0.3) is 0 Å². The first kappa shape index (κ1) is 16.5. The number of piperidine rings is 1. The summed E-state index contributed by atoms with van der Waals surface area (Å²) in [5, 5.41) is 7.82. The Balaban J connectivity index is 1.44. The van der Waals surface area contributed by atoms with E-state index in [0.29, 0.717) is 12.3 Å². The molecule has 26 heavy (non-hydrogen) atoms. The van der Waals surface area contributed by atoms with Crippen molar-refractivity contribution >= 4 is 23.1 Å². The summed E-state index contributed by atoms with van der Waals surface area (Å²) in [4.78, 5) is 17.6. The molecule has 3 aliphatic rings. The van der Waals surface area contributed by atoms with Crippen LogP contribution in [0.3, 0.4) is 0 Å². The van der Waals surface area contributed by atoms with E-state index in [2.05, 4.69) is 22.3 Å². The van der Waals surface area contributed by atoms with Crippen molar-refractivity contribution in [3.05, 3.63) is 33.1 Å². The van der Waals surface area contributed by atoms with Gasteiger partial charge in [0.2, 0.25) is 5.91 Å². The van der Waals surface area contributed by atoms with Crippen LogP contribution in [0, 0.1) is 0 Å². The minimum Gasteiger partial charge on any atom is -0.311 e. The van der Waals surface area contributed by atoms with Gasteiger partial charge in [0.1, 0.15) is 5.82 Å². The zero-order valence-electron chi connectivity index (χ0n) is 15.3. The molecule has 1 saturated carbocycles. The molecule has 2 aliphatic heterocycles. The number of carbonyl (C=O) groups excluding carboxylic acids is 1. The fourth-order valence-corrected chi connectivity index (χ4v) is 5.59. The van der Waals surface area contributed by atoms with Gasteiger partial charge < -0.3 is 5.32 Å². The normalized spacial score (nSPS) is 23.7. The smallest absolute Gasteiger partial charge is 0.226 e. The maximum Gasteiger partial charge on any atom is 0.226 e. The molecule has 138 valence electrons. The first-order valence-electron chi connectivity index (χ1n) is 9.86. The molecule has 2 aromatic heterocycles. The molecule has 2 aromatic rings. The van der Waals surface area contributed by atoms with Crippen LogP contribution < -0.4 is 5.32 Å². The molecule has 1 atom stereocenters. The van der Waals surface area contributed by atoms with E-state index in [-0.39, 0.29) is 11.8 Å². The first-order valence-corrected chi connectivity index (χ1v) is 10.7. The van der Waals surface area contributed by atoms with Crippen molar-refractivity contribution in [2.24, 2.45) is 7.05 Å². The molecule has 5 nitrogen and oxygen atoms in total. The van der Waals surface area contributed by atoms with Crippen LogP contribution in [-0.4, -0.2) is 33.7 Å². The summed E-state index contributed by atoms with van der Waals surface area (Å²) in [5.41, 5.74) is 2.50. The molecule has 0 aromatic carbocycles. The summed E-state index contributed by atoms with van der Waals surface area (Å²) in [6, 6.07) is 4.52. The molecular weight excluding hydrogens is 344 g/mol. The highest BCUT2D eigenvalue weighted by Gasteiger charge is 2.38. The lowest BCUT2D eigenvalue weighted by molar-refractivity contribution is -0.116. The Morgan fingerprint density at radius 3 is 2.81 bits per heavy atom. The number of amides is 1. The predicted octanol–water partition coefficient (Wildman–Crippen LogP) is 3.82. The van der Waals surface area contributed by atoms with Gasteiger partial charge in [0.05, 0.1) is 5.69 Å². The standard InChI is InChI=1S/C20H26N4OS/c1-23-20-18(19(22-23)13-5-6-13)15(11-17(25)21-20)16-8-7-14(26-16)12-24-9-3-2-4-10-24/h7-8,13,15H,2-6,9-12H2,1H3,(H,21,25)/t15-/m1/s1. The van der Waals surface area contributed by atoms with Crippen LogP contribution in [0.15, 0.2) is 12.1 Å². The predicted molar refractivity (Wildman–Crippen MR) is 104 cm³/mol. The van der Waals surface area contributed by atoms with Crippen LogP contribution in [0.25, 0.3) is 0 Å². The number of hydrogen-bond acceptors (Lipinski definition) is 4. The molecule has 1 saturated heterocycles. The van der Waals surface area contributed by atoms with Gasteiger partial charge in [-0.05, 0) is 50.9 Å². The van der Waals surface area contributed by atoms with Gasteiger partial charge in [-0.25, -0.2) is 0 Å². The summed E-state index contributed by atoms with van der Waals surface area (Å²) in [5.74, 6) is 1.79. The average Bonchev–Trinajstić information content (AvgIpc) is 3.30. The van der Waals surface area contributed by atoms with E-state index in [0.717, 1.165) is 12.4 Å². The number of anilines is 1. The molecule has 2 fully saturated rings. The van der Waals surface area contributed by atoms with Gasteiger partial charge in [-0.15, -0.1) is 11.3 Å². The Kier molecular flexibility index (Phi) is 4.13. The Labute approximate surface area is 158 Å². The molecule has 6 heteroatoms. The van der Waals surface area contributed by atoms with E-state index in [1.165, 1.54) is 66.2 Å². The Morgan fingerprint density at radius 1 is 1.23 bits per heavy atom. The minimum atomic E-state index is 0.110. The number of thiophene rings is 1. The van der Waals surface area contributed by atoms with Crippen molar-refractivity contribution in [1.29, 1.82) is 0 Å². The van der Waals surface area contributed by atoms with E-state index >= 15 is 0 Å². The monoisotopic (exact) mass is 370 g/mol. The molecule has 0 spiro atoms. The highest BCUT2D eigenvalue weighted by Crippen LogP contribution is 2.49. The number of nitrogens with one attached hydrogen (secondary N) is 1. The summed E-state index contributed by atoms with van der Waals surface area (Å²) in [6.45, 7) is 3.49. The van der Waals surface area contributed by atoms with Gasteiger partial charge in [0.15, 0.2) is 0 Å². The van der Waals surface area contributed by atoms with E-state index in [9.17, 15) is 4.79 Å². The molecule has 1 amide bonds. The van der Waals surface area contributed by atoms with E-state index in [4.69, 9.17) is 5.10 Å². The van der Waals surface area contributed by atoms with Crippen molar-refractivity contribution in [2.75, 3.05) is 18.4 Å². The van der Waals surface area contributed by atoms with Gasteiger partial charge in [-0.2, -0.15) is 5.10 Å². The lowest BCUT2D eigenvalue weighted by Crippen LogP contribution is -2.28. The number of nitrogens with zero attached hydrogens (tertiary/aromatic N) is 3. The number of aryl methyl sites for hydroxylation is 1. The van der Waals surface area contributed by atoms with Crippen LogP contribution in [-0.2, 0) is 18.4 Å². The minimum absolute atomic E-state index is 0.110. The SMILES string of the molecule is Cn1nc(C2CC2)c2c1NC(=O)C[C@@H]2c1ccc(CN2CCCCC2)s1. The summed E-state index contributed by atoms with van der Waals surface area (Å²) in [6.07, 6.45) is 7.03. The molecule has 5 rings (SSSR count). The maximum atomic E-state index is 12.3. The lowest BCUT2D eigenvalue weighted by atomic mass is 9.89. The van der Waals surface area contributed by atoms with E-state index < -0.39 is 0 Å². The number of fused-ring (bicyclic) bond motifs is 1. The zero-order chi connectivity index (χ0) is 17.7. The third-order valence-electron chi connectivity index (χ3n) is 5.93. The molecular formula is C20H26N4OS. The van der Waals surface area contributed by atoms with Crippen molar-refractivity contribution < 1.29 is 4.79 Å². The van der Waals surface area contributed by atoms with E-state index in [1.807, 2.05) is 23.1 Å². The summed E-state index contributed by atoms with van der Waals surface area (Å²) < 4.78 is 1.87. The molecule has 1 aliphatic carbocycles. The first-order chi connectivity index (χ1) is 12.7. The summed E-state index contributed by atoms with van der Waals surface area (Å²) in [7, 11) is 1.95. The Hall–Kier alpha value is -1.66. The second-order valence-electron chi connectivity index (χ2n) is 7.99. The Morgan fingerprint density at radius 2 is 2.04 bits per heavy atom. The van der Waals surface area contributed by atoms with Crippen molar-refractivity contribution in [3.63, 3.8) is 0 Å². The quantitative estimate of drug-likeness (QED) is 0.890.